The first-order valence-electron chi connectivity index (χ1n) is 16.0. The zero-order valence-corrected chi connectivity index (χ0v) is 26.5. The van der Waals surface area contributed by atoms with E-state index in [9.17, 15) is 28.4 Å². The Morgan fingerprint density at radius 2 is 1.57 bits per heavy atom. The van der Waals surface area contributed by atoms with E-state index < -0.39 is 47.1 Å². The minimum atomic E-state index is -0.979. The van der Waals surface area contributed by atoms with Crippen LogP contribution in [0.15, 0.2) is 36.4 Å². The summed E-state index contributed by atoms with van der Waals surface area (Å²) in [7, 11) is 0. The molecule has 11 nitrogen and oxygen atoms in total. The highest BCUT2D eigenvalue weighted by atomic mass is 19.1. The highest BCUT2D eigenvalue weighted by Gasteiger charge is 2.44. The minimum absolute atomic E-state index is 0.0855. The van der Waals surface area contributed by atoms with Crippen molar-refractivity contribution in [3.63, 3.8) is 0 Å². The number of fused-ring (bicyclic) bond motifs is 1. The molecule has 0 bridgehead atoms. The van der Waals surface area contributed by atoms with Crippen LogP contribution in [0.2, 0.25) is 0 Å². The number of carbonyl (C=O) groups excluding carboxylic acids is 5. The zero-order valence-electron chi connectivity index (χ0n) is 26.5. The number of esters is 1. The van der Waals surface area contributed by atoms with Gasteiger partial charge in [0.25, 0.3) is 11.8 Å². The van der Waals surface area contributed by atoms with Crippen LogP contribution in [-0.2, 0) is 14.3 Å². The quantitative estimate of drug-likeness (QED) is 0.378. The Hall–Kier alpha value is -4.32. The monoisotopic (exact) mass is 633 g/mol. The number of amides is 4. The molecule has 0 aliphatic carbocycles. The predicted molar refractivity (Wildman–Crippen MR) is 168 cm³/mol. The number of anilines is 2. The molecule has 12 heteroatoms. The Bertz CT molecular complexity index is 1570. The van der Waals surface area contributed by atoms with E-state index in [2.05, 4.69) is 15.1 Å². The Labute approximate surface area is 267 Å². The first-order valence-corrected chi connectivity index (χ1v) is 16.0. The summed E-state index contributed by atoms with van der Waals surface area (Å²) in [6.45, 7) is 11.0. The third-order valence-corrected chi connectivity index (χ3v) is 9.21. The predicted octanol–water partition coefficient (Wildman–Crippen LogP) is 3.22. The van der Waals surface area contributed by atoms with Gasteiger partial charge in [0.15, 0.2) is 0 Å². The van der Waals surface area contributed by atoms with Crippen LogP contribution < -0.4 is 15.1 Å². The van der Waals surface area contributed by atoms with Crippen molar-refractivity contribution in [2.75, 3.05) is 55.6 Å². The average Bonchev–Trinajstić information content (AvgIpc) is 3.26. The molecule has 4 amide bonds. The van der Waals surface area contributed by atoms with Crippen molar-refractivity contribution in [1.29, 1.82) is 0 Å². The summed E-state index contributed by atoms with van der Waals surface area (Å²) in [5, 5.41) is 2.22. The largest absolute Gasteiger partial charge is 0.456 e. The zero-order chi connectivity index (χ0) is 32.7. The highest BCUT2D eigenvalue weighted by molar-refractivity contribution is 6.23. The second-order valence-electron chi connectivity index (χ2n) is 13.6. The molecule has 4 aliphatic rings. The number of carbonyl (C=O) groups is 5. The van der Waals surface area contributed by atoms with Gasteiger partial charge in [0.05, 0.1) is 22.4 Å². The maximum absolute atomic E-state index is 15.0. The van der Waals surface area contributed by atoms with E-state index in [1.807, 2.05) is 11.0 Å². The van der Waals surface area contributed by atoms with Crippen LogP contribution in [0.4, 0.5) is 15.8 Å². The van der Waals surface area contributed by atoms with Gasteiger partial charge in [0.2, 0.25) is 11.8 Å². The molecular formula is C34H40FN5O6. The Kier molecular flexibility index (Phi) is 8.58. The number of imide groups is 2. The molecule has 244 valence electrons. The van der Waals surface area contributed by atoms with Crippen LogP contribution in [-0.4, -0.2) is 96.9 Å². The Morgan fingerprint density at radius 3 is 2.22 bits per heavy atom. The molecule has 0 saturated carbocycles. The number of nitrogens with one attached hydrogen (secondary N) is 1. The van der Waals surface area contributed by atoms with Crippen LogP contribution in [0.1, 0.15) is 77.5 Å². The van der Waals surface area contributed by atoms with Gasteiger partial charge in [-0.1, -0.05) is 0 Å². The third-order valence-electron chi connectivity index (χ3n) is 9.21. The molecule has 0 radical (unpaired) electrons. The molecule has 3 fully saturated rings. The van der Waals surface area contributed by atoms with E-state index in [1.54, 1.807) is 45.0 Å². The van der Waals surface area contributed by atoms with Crippen LogP contribution in [0, 0.1) is 11.7 Å². The van der Waals surface area contributed by atoms with Gasteiger partial charge in [-0.25, -0.2) is 9.18 Å². The molecule has 0 spiro atoms. The lowest BCUT2D eigenvalue weighted by Crippen LogP contribution is -2.54. The summed E-state index contributed by atoms with van der Waals surface area (Å²) < 4.78 is 20.4. The van der Waals surface area contributed by atoms with Crippen molar-refractivity contribution < 1.29 is 33.1 Å². The molecule has 2 aromatic rings. The molecule has 0 unspecified atom stereocenters. The van der Waals surface area contributed by atoms with Crippen molar-refractivity contribution in [3.05, 3.63) is 58.9 Å². The lowest BCUT2D eigenvalue weighted by atomic mass is 9.95. The first-order chi connectivity index (χ1) is 21.9. The van der Waals surface area contributed by atoms with Gasteiger partial charge in [0.1, 0.15) is 17.5 Å². The van der Waals surface area contributed by atoms with Crippen LogP contribution in [0.3, 0.4) is 0 Å². The second-order valence-corrected chi connectivity index (χ2v) is 13.6. The van der Waals surface area contributed by atoms with Crippen LogP contribution in [0.5, 0.6) is 0 Å². The maximum Gasteiger partial charge on any atom is 0.338 e. The molecule has 1 N–H and O–H groups in total. The molecule has 1 atom stereocenters. The van der Waals surface area contributed by atoms with E-state index in [4.69, 9.17) is 4.74 Å². The summed E-state index contributed by atoms with van der Waals surface area (Å²) in [6.07, 6.45) is 2.10. The van der Waals surface area contributed by atoms with Crippen LogP contribution >= 0.6 is 0 Å². The van der Waals surface area contributed by atoms with Gasteiger partial charge < -0.3 is 14.5 Å². The lowest BCUT2D eigenvalue weighted by molar-refractivity contribution is -0.136. The molecule has 46 heavy (non-hydrogen) atoms. The number of halogens is 1. The van der Waals surface area contributed by atoms with Crippen molar-refractivity contribution in [2.24, 2.45) is 5.92 Å². The van der Waals surface area contributed by atoms with E-state index in [0.29, 0.717) is 11.6 Å². The fraction of sp³-hybridized carbons (Fsp3) is 0.500. The third kappa shape index (κ3) is 6.48. The van der Waals surface area contributed by atoms with Gasteiger partial charge in [-0.2, -0.15) is 0 Å². The summed E-state index contributed by atoms with van der Waals surface area (Å²) in [6, 6.07) is 8.83. The number of benzene rings is 2. The standard InChI is InChI=1S/C34H40FN5O6/c1-34(2,3)46-33(45)22-4-7-27(26(35)18-22)39-12-10-21(11-13-39)20-37-14-16-38(17-15-37)23-5-6-24-25(19-23)32(44)40(31(24)43)28-8-9-29(41)36-30(28)42/h4-7,18-19,21,28H,8-17,20H2,1-3H3,(H,36,41,42)/t28-/m0/s1. The number of nitrogens with zero attached hydrogens (tertiary/aromatic N) is 4. The topological polar surface area (TPSA) is 120 Å². The van der Waals surface area contributed by atoms with Gasteiger partial charge >= 0.3 is 5.97 Å². The minimum Gasteiger partial charge on any atom is -0.456 e. The van der Waals surface area contributed by atoms with Crippen LogP contribution in [0.25, 0.3) is 0 Å². The molecule has 0 aromatic heterocycles. The number of rotatable bonds is 6. The molecule has 3 saturated heterocycles. The summed E-state index contributed by atoms with van der Waals surface area (Å²) >= 11 is 0. The van der Waals surface area contributed by atoms with Gasteiger partial charge in [0, 0.05) is 57.9 Å². The fourth-order valence-electron chi connectivity index (χ4n) is 6.79. The number of piperidine rings is 2. The first kappa shape index (κ1) is 31.7. The summed E-state index contributed by atoms with van der Waals surface area (Å²) in [4.78, 5) is 70.2. The normalized spacial score (nSPS) is 21.5. The van der Waals surface area contributed by atoms with E-state index in [1.165, 1.54) is 6.07 Å². The number of piperazine rings is 1. The smallest absolute Gasteiger partial charge is 0.338 e. The van der Waals surface area contributed by atoms with Crippen molar-refractivity contribution >= 4 is 41.0 Å². The van der Waals surface area contributed by atoms with Crippen molar-refractivity contribution in [2.45, 2.75) is 58.1 Å². The fourth-order valence-corrected chi connectivity index (χ4v) is 6.79. The molecule has 4 aliphatic heterocycles. The molecule has 4 heterocycles. The Morgan fingerprint density at radius 1 is 0.870 bits per heavy atom. The maximum atomic E-state index is 15.0. The highest BCUT2D eigenvalue weighted by Crippen LogP contribution is 2.32. The van der Waals surface area contributed by atoms with Crippen molar-refractivity contribution in [1.82, 2.24) is 15.1 Å². The number of hydrogen-bond donors (Lipinski definition) is 1. The second kappa shape index (κ2) is 12.5. The van der Waals surface area contributed by atoms with E-state index in [-0.39, 0.29) is 29.5 Å². The van der Waals surface area contributed by atoms with Gasteiger partial charge in [-0.3, -0.25) is 34.3 Å². The lowest BCUT2D eigenvalue weighted by Gasteiger charge is -2.40. The SMILES string of the molecule is CC(C)(C)OC(=O)c1ccc(N2CCC(CN3CCN(c4ccc5c(c4)C(=O)N([C@H]4CCC(=O)NC4=O)C5=O)CC3)CC2)c(F)c1. The Balaban J connectivity index is 0.993. The number of hydrogen-bond acceptors (Lipinski definition) is 9. The molecule has 2 aromatic carbocycles. The number of ether oxygens (including phenoxy) is 1. The molecular weight excluding hydrogens is 593 g/mol. The van der Waals surface area contributed by atoms with Gasteiger partial charge in [-0.15, -0.1) is 0 Å². The van der Waals surface area contributed by atoms with E-state index in [0.717, 1.165) is 69.2 Å². The summed E-state index contributed by atoms with van der Waals surface area (Å²) in [5.74, 6) is -2.48. The van der Waals surface area contributed by atoms with Crippen molar-refractivity contribution in [3.8, 4) is 0 Å². The van der Waals surface area contributed by atoms with E-state index >= 15 is 0 Å². The summed E-state index contributed by atoms with van der Waals surface area (Å²) in [5.41, 5.74) is 1.50. The van der Waals surface area contributed by atoms with Gasteiger partial charge in [-0.05, 0) is 82.3 Å². The average molecular weight is 634 g/mol. The molecule has 6 rings (SSSR count).